The molecule has 162 valence electrons. The molecule has 0 aliphatic carbocycles. The Morgan fingerprint density at radius 2 is 2.17 bits per heavy atom. The minimum atomic E-state index is -2.94. The molecular formula is C20H24F3N5O2. The molecule has 0 bridgehead atoms. The van der Waals surface area contributed by atoms with Gasteiger partial charge in [0.15, 0.2) is 29.1 Å². The fraction of sp³-hybridized carbons (Fsp3) is 0.400. The molecule has 1 aromatic heterocycles. The van der Waals surface area contributed by atoms with E-state index in [4.69, 9.17) is 4.74 Å². The average Bonchev–Trinajstić information content (AvgIpc) is 3.19. The van der Waals surface area contributed by atoms with E-state index < -0.39 is 6.61 Å². The molecule has 0 spiro atoms. The van der Waals surface area contributed by atoms with Gasteiger partial charge in [0.2, 0.25) is 0 Å². The first-order valence-corrected chi connectivity index (χ1v) is 9.44. The van der Waals surface area contributed by atoms with Gasteiger partial charge >= 0.3 is 6.61 Å². The van der Waals surface area contributed by atoms with Gasteiger partial charge in [0, 0.05) is 38.9 Å². The molecule has 2 heterocycles. The molecular weight excluding hydrogens is 399 g/mol. The third kappa shape index (κ3) is 5.46. The number of anilines is 1. The fourth-order valence-electron chi connectivity index (χ4n) is 3.27. The van der Waals surface area contributed by atoms with Crippen molar-refractivity contribution in [1.29, 1.82) is 0 Å². The van der Waals surface area contributed by atoms with Crippen LogP contribution in [0.15, 0.2) is 41.5 Å². The summed E-state index contributed by atoms with van der Waals surface area (Å²) in [7, 11) is 3.03. The number of halogens is 3. The van der Waals surface area contributed by atoms with Crippen molar-refractivity contribution in [3.05, 3.63) is 47.9 Å². The van der Waals surface area contributed by atoms with Crippen LogP contribution in [-0.2, 0) is 6.54 Å². The van der Waals surface area contributed by atoms with E-state index in [9.17, 15) is 13.2 Å². The normalized spacial score (nSPS) is 16.7. The number of hydrogen-bond acceptors (Lipinski definition) is 5. The van der Waals surface area contributed by atoms with E-state index in [2.05, 4.69) is 25.3 Å². The summed E-state index contributed by atoms with van der Waals surface area (Å²) in [5.41, 5.74) is 0.720. The van der Waals surface area contributed by atoms with Crippen molar-refractivity contribution in [3.8, 4) is 11.5 Å². The maximum atomic E-state index is 13.9. The van der Waals surface area contributed by atoms with Gasteiger partial charge in [0.25, 0.3) is 0 Å². The lowest BCUT2D eigenvalue weighted by Gasteiger charge is -2.20. The Labute approximate surface area is 172 Å². The first-order chi connectivity index (χ1) is 14.5. The molecule has 3 rings (SSSR count). The van der Waals surface area contributed by atoms with Gasteiger partial charge in [-0.1, -0.05) is 6.07 Å². The summed E-state index contributed by atoms with van der Waals surface area (Å²) < 4.78 is 48.7. The van der Waals surface area contributed by atoms with Crippen molar-refractivity contribution < 1.29 is 22.6 Å². The fourth-order valence-corrected chi connectivity index (χ4v) is 3.27. The van der Waals surface area contributed by atoms with Crippen LogP contribution in [0, 0.1) is 5.82 Å². The topological polar surface area (TPSA) is 71.0 Å². The van der Waals surface area contributed by atoms with Gasteiger partial charge in [-0.05, 0) is 36.2 Å². The molecule has 10 heteroatoms. The van der Waals surface area contributed by atoms with Crippen molar-refractivity contribution in [2.24, 2.45) is 4.99 Å². The van der Waals surface area contributed by atoms with E-state index in [0.29, 0.717) is 31.4 Å². The first kappa shape index (κ1) is 21.5. The van der Waals surface area contributed by atoms with E-state index in [0.717, 1.165) is 12.0 Å². The summed E-state index contributed by atoms with van der Waals surface area (Å²) in [6.45, 7) is -1.33. The van der Waals surface area contributed by atoms with Gasteiger partial charge in [-0.2, -0.15) is 8.78 Å². The minimum absolute atomic E-state index is 0.0291. The van der Waals surface area contributed by atoms with E-state index in [1.807, 2.05) is 4.90 Å². The molecule has 1 aromatic carbocycles. The number of alkyl halides is 2. The molecule has 1 fully saturated rings. The van der Waals surface area contributed by atoms with Crippen LogP contribution in [0.5, 0.6) is 11.5 Å². The Hall–Kier alpha value is -3.17. The summed E-state index contributed by atoms with van der Waals surface area (Å²) in [6.07, 6.45) is 2.37. The van der Waals surface area contributed by atoms with Crippen LogP contribution in [0.25, 0.3) is 0 Å². The van der Waals surface area contributed by atoms with Crippen molar-refractivity contribution in [1.82, 2.24) is 15.6 Å². The average molecular weight is 423 g/mol. The zero-order valence-electron chi connectivity index (χ0n) is 16.7. The number of aromatic nitrogens is 1. The highest BCUT2D eigenvalue weighted by Crippen LogP contribution is 2.29. The lowest BCUT2D eigenvalue weighted by atomic mass is 10.2. The molecule has 0 saturated carbocycles. The quantitative estimate of drug-likeness (QED) is 0.527. The summed E-state index contributed by atoms with van der Waals surface area (Å²) in [5, 5.41) is 6.44. The molecule has 2 N–H and O–H groups in total. The second-order valence-corrected chi connectivity index (χ2v) is 6.67. The second kappa shape index (κ2) is 10.0. The highest BCUT2D eigenvalue weighted by atomic mass is 19.3. The Morgan fingerprint density at radius 3 is 2.87 bits per heavy atom. The number of rotatable bonds is 7. The standard InChI is InChI=1S/C20H24F3N5O2/c1-24-20(26-11-13-5-6-16(29-2)17(10-13)30-19(22)23)27-14-7-9-28(12-14)18-15(21)4-3-8-25-18/h3-6,8,10,14,19H,7,9,11-12H2,1-2H3,(H2,24,26,27). The lowest BCUT2D eigenvalue weighted by Crippen LogP contribution is -2.44. The van der Waals surface area contributed by atoms with E-state index in [1.165, 1.54) is 19.2 Å². The number of pyridine rings is 1. The Morgan fingerprint density at radius 1 is 1.33 bits per heavy atom. The van der Waals surface area contributed by atoms with Crippen molar-refractivity contribution in [2.45, 2.75) is 25.6 Å². The number of hydrogen-bond donors (Lipinski definition) is 2. The monoisotopic (exact) mass is 423 g/mol. The number of guanidine groups is 1. The van der Waals surface area contributed by atoms with Gasteiger partial charge < -0.3 is 25.0 Å². The van der Waals surface area contributed by atoms with E-state index in [-0.39, 0.29) is 23.4 Å². The molecule has 1 atom stereocenters. The summed E-state index contributed by atoms with van der Waals surface area (Å²) >= 11 is 0. The van der Waals surface area contributed by atoms with Crippen LogP contribution in [-0.4, -0.2) is 50.8 Å². The molecule has 7 nitrogen and oxygen atoms in total. The number of nitrogens with one attached hydrogen (secondary N) is 2. The largest absolute Gasteiger partial charge is 0.493 e. The second-order valence-electron chi connectivity index (χ2n) is 6.67. The van der Waals surface area contributed by atoms with Gasteiger partial charge in [-0.3, -0.25) is 4.99 Å². The zero-order valence-corrected chi connectivity index (χ0v) is 16.7. The molecule has 1 unspecified atom stereocenters. The summed E-state index contributed by atoms with van der Waals surface area (Å²) in [4.78, 5) is 10.2. The zero-order chi connectivity index (χ0) is 21.5. The van der Waals surface area contributed by atoms with E-state index >= 15 is 0 Å². The molecule has 1 aliphatic rings. The number of nitrogens with zero attached hydrogens (tertiary/aromatic N) is 3. The van der Waals surface area contributed by atoms with Crippen molar-refractivity contribution in [2.75, 3.05) is 32.1 Å². The van der Waals surface area contributed by atoms with Crippen LogP contribution in [0.2, 0.25) is 0 Å². The van der Waals surface area contributed by atoms with Gasteiger partial charge in [0.1, 0.15) is 0 Å². The van der Waals surface area contributed by atoms with Crippen molar-refractivity contribution >= 4 is 11.8 Å². The van der Waals surface area contributed by atoms with Gasteiger partial charge in [-0.25, -0.2) is 9.37 Å². The predicted octanol–water partition coefficient (Wildman–Crippen LogP) is 2.77. The predicted molar refractivity (Wildman–Crippen MR) is 108 cm³/mol. The molecule has 0 radical (unpaired) electrons. The van der Waals surface area contributed by atoms with Crippen molar-refractivity contribution in [3.63, 3.8) is 0 Å². The first-order valence-electron chi connectivity index (χ1n) is 9.44. The number of aliphatic imine (C=N–C) groups is 1. The SMILES string of the molecule is CN=C(NCc1ccc(OC)c(OC(F)F)c1)NC1CCN(c2ncccc2F)C1. The van der Waals surface area contributed by atoms with Gasteiger partial charge in [-0.15, -0.1) is 0 Å². The molecule has 30 heavy (non-hydrogen) atoms. The van der Waals surface area contributed by atoms with Crippen LogP contribution in [0.4, 0.5) is 19.0 Å². The Balaban J connectivity index is 1.56. The maximum Gasteiger partial charge on any atom is 0.387 e. The van der Waals surface area contributed by atoms with Crippen LogP contribution < -0.4 is 25.0 Å². The lowest BCUT2D eigenvalue weighted by molar-refractivity contribution is -0.0512. The third-order valence-electron chi connectivity index (χ3n) is 4.70. The maximum absolute atomic E-state index is 13.9. The Kier molecular flexibility index (Phi) is 7.21. The number of methoxy groups -OCH3 is 1. The van der Waals surface area contributed by atoms with E-state index in [1.54, 1.807) is 31.4 Å². The highest BCUT2D eigenvalue weighted by Gasteiger charge is 2.26. The number of ether oxygens (including phenoxy) is 2. The third-order valence-corrected chi connectivity index (χ3v) is 4.70. The van der Waals surface area contributed by atoms with Gasteiger partial charge in [0.05, 0.1) is 7.11 Å². The molecule has 1 saturated heterocycles. The number of benzene rings is 1. The van der Waals surface area contributed by atoms with Crippen LogP contribution in [0.3, 0.4) is 0 Å². The smallest absolute Gasteiger partial charge is 0.387 e. The van der Waals surface area contributed by atoms with Crippen LogP contribution in [0.1, 0.15) is 12.0 Å². The van der Waals surface area contributed by atoms with Crippen LogP contribution >= 0.6 is 0 Å². The molecule has 1 aliphatic heterocycles. The summed E-state index contributed by atoms with van der Waals surface area (Å²) in [6, 6.07) is 7.83. The molecule has 2 aromatic rings. The highest BCUT2D eigenvalue weighted by molar-refractivity contribution is 5.80. The minimum Gasteiger partial charge on any atom is -0.493 e. The molecule has 0 amide bonds. The Bertz CT molecular complexity index is 881. The summed E-state index contributed by atoms with van der Waals surface area (Å²) in [5.74, 6) is 0.750.